The Morgan fingerprint density at radius 2 is 1.78 bits per heavy atom. The fourth-order valence-corrected chi connectivity index (χ4v) is 2.86. The highest BCUT2D eigenvalue weighted by atomic mass is 32.2. The number of hydrogen-bond donors (Lipinski definition) is 1. The molecule has 1 N–H and O–H groups in total. The fraction of sp³-hybridized carbons (Fsp3) is 0.588. The highest BCUT2D eigenvalue weighted by Crippen LogP contribution is 2.07. The molecule has 5 nitrogen and oxygen atoms in total. The van der Waals surface area contributed by atoms with Crippen LogP contribution in [0.1, 0.15) is 31.4 Å². The van der Waals surface area contributed by atoms with E-state index in [2.05, 4.69) is 46.4 Å². The first-order valence-corrected chi connectivity index (χ1v) is 10.2. The zero-order chi connectivity index (χ0) is 17.3. The molecule has 23 heavy (non-hydrogen) atoms. The minimum absolute atomic E-state index is 0.179. The lowest BCUT2D eigenvalue weighted by Crippen LogP contribution is -2.38. The molecular weight excluding hydrogens is 310 g/mol. The Balaban J connectivity index is 2.63. The highest BCUT2D eigenvalue weighted by molar-refractivity contribution is 7.90. The number of benzene rings is 1. The predicted molar refractivity (Wildman–Crippen MR) is 97.6 cm³/mol. The van der Waals surface area contributed by atoms with Gasteiger partial charge >= 0.3 is 0 Å². The molecule has 0 saturated carbocycles. The summed E-state index contributed by atoms with van der Waals surface area (Å²) in [7, 11) is -0.921. The molecule has 0 aliphatic rings. The molecule has 0 amide bonds. The highest BCUT2D eigenvalue weighted by Gasteiger charge is 2.07. The summed E-state index contributed by atoms with van der Waals surface area (Å²) in [6.45, 7) is 6.23. The molecule has 0 aliphatic carbocycles. The average molecular weight is 340 g/mol. The van der Waals surface area contributed by atoms with E-state index in [-0.39, 0.29) is 5.75 Å². The third kappa shape index (κ3) is 8.02. The number of hydrogen-bond acceptors (Lipinski definition) is 3. The summed E-state index contributed by atoms with van der Waals surface area (Å²) < 4.78 is 22.3. The maximum absolute atomic E-state index is 11.2. The fourth-order valence-electron chi connectivity index (χ4n) is 2.21. The van der Waals surface area contributed by atoms with Gasteiger partial charge in [-0.1, -0.05) is 31.2 Å². The lowest BCUT2D eigenvalue weighted by atomic mass is 10.1. The summed E-state index contributed by atoms with van der Waals surface area (Å²) >= 11 is 0. The Morgan fingerprint density at radius 1 is 1.17 bits per heavy atom. The summed E-state index contributed by atoms with van der Waals surface area (Å²) in [5.74, 6) is 0.985. The van der Waals surface area contributed by atoms with Crippen molar-refractivity contribution in [3.63, 3.8) is 0 Å². The van der Waals surface area contributed by atoms with Gasteiger partial charge in [0.1, 0.15) is 9.84 Å². The molecule has 0 radical (unpaired) electrons. The molecule has 0 fully saturated rings. The van der Waals surface area contributed by atoms with Gasteiger partial charge in [0.2, 0.25) is 0 Å². The van der Waals surface area contributed by atoms with Gasteiger partial charge in [-0.2, -0.15) is 0 Å². The van der Waals surface area contributed by atoms with Crippen LogP contribution in [0.15, 0.2) is 29.3 Å². The van der Waals surface area contributed by atoms with Crippen molar-refractivity contribution in [2.45, 2.75) is 33.2 Å². The van der Waals surface area contributed by atoms with Gasteiger partial charge in [0.05, 0.1) is 5.75 Å². The van der Waals surface area contributed by atoms with Crippen LogP contribution in [0.5, 0.6) is 0 Å². The smallest absolute Gasteiger partial charge is 0.193 e. The summed E-state index contributed by atoms with van der Waals surface area (Å²) in [6.07, 6.45) is 2.85. The van der Waals surface area contributed by atoms with Crippen LogP contribution >= 0.6 is 0 Å². The molecule has 0 atom stereocenters. The van der Waals surface area contributed by atoms with Gasteiger partial charge in [-0.15, -0.1) is 0 Å². The minimum atomic E-state index is -2.91. The topological polar surface area (TPSA) is 61.8 Å². The average Bonchev–Trinajstić information content (AvgIpc) is 2.50. The lowest BCUT2D eigenvalue weighted by molar-refractivity contribution is 0.477. The Hall–Kier alpha value is -1.56. The third-order valence-corrected chi connectivity index (χ3v) is 4.51. The second-order valence-electron chi connectivity index (χ2n) is 5.75. The largest absolute Gasteiger partial charge is 0.357 e. The van der Waals surface area contributed by atoms with E-state index in [0.29, 0.717) is 13.0 Å². The molecule has 1 rings (SSSR count). The van der Waals surface area contributed by atoms with E-state index in [1.165, 1.54) is 17.4 Å². The van der Waals surface area contributed by atoms with E-state index in [0.717, 1.165) is 25.5 Å². The molecule has 0 heterocycles. The zero-order valence-electron chi connectivity index (χ0n) is 14.7. The van der Waals surface area contributed by atoms with Gasteiger partial charge in [-0.25, -0.2) is 8.42 Å². The molecule has 130 valence electrons. The van der Waals surface area contributed by atoms with E-state index in [1.54, 1.807) is 0 Å². The van der Waals surface area contributed by atoms with Gasteiger partial charge in [0, 0.05) is 32.9 Å². The Labute approximate surface area is 140 Å². The Bertz CT molecular complexity index is 595. The van der Waals surface area contributed by atoms with Crippen molar-refractivity contribution in [2.24, 2.45) is 4.99 Å². The van der Waals surface area contributed by atoms with E-state index in [9.17, 15) is 8.42 Å². The van der Waals surface area contributed by atoms with E-state index >= 15 is 0 Å². The number of rotatable bonds is 8. The van der Waals surface area contributed by atoms with Gasteiger partial charge < -0.3 is 10.2 Å². The van der Waals surface area contributed by atoms with E-state index in [4.69, 9.17) is 0 Å². The van der Waals surface area contributed by atoms with Crippen LogP contribution in [0, 0.1) is 0 Å². The van der Waals surface area contributed by atoms with Gasteiger partial charge in [-0.3, -0.25) is 4.99 Å². The number of aliphatic imine (C=N–C) groups is 1. The van der Waals surface area contributed by atoms with E-state index < -0.39 is 9.84 Å². The van der Waals surface area contributed by atoms with Crippen molar-refractivity contribution < 1.29 is 8.42 Å². The number of guanidine groups is 1. The normalized spacial score (nSPS) is 12.3. The first-order chi connectivity index (χ1) is 10.9. The van der Waals surface area contributed by atoms with Crippen molar-refractivity contribution in [2.75, 3.05) is 32.1 Å². The summed E-state index contributed by atoms with van der Waals surface area (Å²) in [5, 5.41) is 3.25. The monoisotopic (exact) mass is 339 g/mol. The van der Waals surface area contributed by atoms with Crippen molar-refractivity contribution in [3.05, 3.63) is 35.4 Å². The lowest BCUT2D eigenvalue weighted by Gasteiger charge is -2.22. The summed E-state index contributed by atoms with van der Waals surface area (Å²) in [6, 6.07) is 8.59. The molecule has 0 bridgehead atoms. The quantitative estimate of drug-likeness (QED) is 0.447. The molecule has 1 aromatic carbocycles. The van der Waals surface area contributed by atoms with Crippen LogP contribution in [0.2, 0.25) is 0 Å². The van der Waals surface area contributed by atoms with Crippen LogP contribution in [-0.2, 0) is 22.8 Å². The van der Waals surface area contributed by atoms with Crippen molar-refractivity contribution in [1.29, 1.82) is 0 Å². The maximum atomic E-state index is 11.2. The molecule has 1 aromatic rings. The molecule has 0 saturated heterocycles. The first-order valence-electron chi connectivity index (χ1n) is 8.10. The van der Waals surface area contributed by atoms with E-state index in [1.807, 2.05) is 14.0 Å². The van der Waals surface area contributed by atoms with Crippen LogP contribution < -0.4 is 5.32 Å². The van der Waals surface area contributed by atoms with Crippen LogP contribution in [0.25, 0.3) is 0 Å². The molecule has 6 heteroatoms. The van der Waals surface area contributed by atoms with Crippen LogP contribution in [0.3, 0.4) is 0 Å². The van der Waals surface area contributed by atoms with Crippen molar-refractivity contribution in [1.82, 2.24) is 10.2 Å². The predicted octanol–water partition coefficient (Wildman–Crippen LogP) is 2.08. The second kappa shape index (κ2) is 9.55. The minimum Gasteiger partial charge on any atom is -0.357 e. The first kappa shape index (κ1) is 19.5. The van der Waals surface area contributed by atoms with Crippen LogP contribution in [-0.4, -0.2) is 51.4 Å². The standard InChI is InChI=1S/C17H29N3O2S/c1-5-15-8-10-16(11-9-15)14-20(3)17(18-6-2)19-12-7-13-23(4,21)22/h8-11H,5-7,12-14H2,1-4H3,(H,18,19). The van der Waals surface area contributed by atoms with Gasteiger partial charge in [0.25, 0.3) is 0 Å². The third-order valence-electron chi connectivity index (χ3n) is 3.48. The van der Waals surface area contributed by atoms with Gasteiger partial charge in [0.15, 0.2) is 5.96 Å². The number of sulfone groups is 1. The summed E-state index contributed by atoms with van der Waals surface area (Å²) in [4.78, 5) is 6.57. The second-order valence-corrected chi connectivity index (χ2v) is 8.00. The Morgan fingerprint density at radius 3 is 2.30 bits per heavy atom. The molecule has 0 aliphatic heterocycles. The number of nitrogens with zero attached hydrogens (tertiary/aromatic N) is 2. The zero-order valence-corrected chi connectivity index (χ0v) is 15.5. The molecule has 0 aromatic heterocycles. The van der Waals surface area contributed by atoms with Crippen molar-refractivity contribution >= 4 is 15.8 Å². The molecule has 0 spiro atoms. The van der Waals surface area contributed by atoms with Crippen molar-refractivity contribution in [3.8, 4) is 0 Å². The molecule has 0 unspecified atom stereocenters. The van der Waals surface area contributed by atoms with Crippen LogP contribution in [0.4, 0.5) is 0 Å². The maximum Gasteiger partial charge on any atom is 0.193 e. The van der Waals surface area contributed by atoms with Gasteiger partial charge in [-0.05, 0) is 30.9 Å². The summed E-state index contributed by atoms with van der Waals surface area (Å²) in [5.41, 5.74) is 2.56. The number of nitrogens with one attached hydrogen (secondary N) is 1. The Kier molecular flexibility index (Phi) is 8.09. The SMILES string of the molecule is CCNC(=NCCCS(C)(=O)=O)N(C)Cc1ccc(CC)cc1. The molecular formula is C17H29N3O2S. The number of aryl methyl sites for hydroxylation is 1.